The average Bonchev–Trinajstić information content (AvgIpc) is 3.78. The SMILES string of the molecule is COc1c(NSC2CC2)cc(C(C)(C)C)cc1NC(=O)c1ccc(C)c(Oc2ccnc(CC3CCNCC3)c2)c1. The van der Waals surface area contributed by atoms with Gasteiger partial charge in [-0.05, 0) is 117 Å². The molecule has 3 N–H and O–H groups in total. The Bertz CT molecular complexity index is 1380. The summed E-state index contributed by atoms with van der Waals surface area (Å²) in [6.45, 7) is 10.6. The lowest BCUT2D eigenvalue weighted by atomic mass is 9.86. The number of benzene rings is 2. The van der Waals surface area contributed by atoms with Crippen LogP contribution in [0.4, 0.5) is 11.4 Å². The van der Waals surface area contributed by atoms with Crippen molar-refractivity contribution in [2.75, 3.05) is 30.2 Å². The summed E-state index contributed by atoms with van der Waals surface area (Å²) in [4.78, 5) is 18.1. The van der Waals surface area contributed by atoms with Gasteiger partial charge in [0.1, 0.15) is 11.5 Å². The van der Waals surface area contributed by atoms with E-state index in [1.54, 1.807) is 31.3 Å². The number of amides is 1. The number of pyridine rings is 1. The van der Waals surface area contributed by atoms with Crippen LogP contribution in [0.1, 0.15) is 73.6 Å². The maximum atomic E-state index is 13.6. The Hall–Kier alpha value is -3.23. The molecular weight excluding hydrogens is 532 g/mol. The first-order valence-electron chi connectivity index (χ1n) is 14.6. The summed E-state index contributed by atoms with van der Waals surface area (Å²) in [6.07, 6.45) is 7.54. The minimum Gasteiger partial charge on any atom is -0.492 e. The van der Waals surface area contributed by atoms with Crippen LogP contribution in [0.15, 0.2) is 48.7 Å². The minimum absolute atomic E-state index is 0.103. The van der Waals surface area contributed by atoms with Gasteiger partial charge in [0, 0.05) is 28.8 Å². The van der Waals surface area contributed by atoms with Crippen LogP contribution in [-0.2, 0) is 11.8 Å². The number of ether oxygens (including phenoxy) is 2. The highest BCUT2D eigenvalue weighted by Gasteiger charge is 2.25. The van der Waals surface area contributed by atoms with Crippen LogP contribution in [0.5, 0.6) is 17.2 Å². The largest absolute Gasteiger partial charge is 0.492 e. The third-order valence-electron chi connectivity index (χ3n) is 7.69. The molecule has 0 radical (unpaired) electrons. The van der Waals surface area contributed by atoms with Crippen molar-refractivity contribution < 1.29 is 14.3 Å². The van der Waals surface area contributed by atoms with Gasteiger partial charge in [-0.3, -0.25) is 9.78 Å². The van der Waals surface area contributed by atoms with Crippen LogP contribution in [0, 0.1) is 12.8 Å². The first-order valence-corrected chi connectivity index (χ1v) is 15.5. The Morgan fingerprint density at radius 1 is 1.05 bits per heavy atom. The van der Waals surface area contributed by atoms with Crippen LogP contribution in [0.3, 0.4) is 0 Å². The van der Waals surface area contributed by atoms with Gasteiger partial charge in [0.25, 0.3) is 5.91 Å². The van der Waals surface area contributed by atoms with E-state index in [1.807, 2.05) is 37.3 Å². The molecule has 41 heavy (non-hydrogen) atoms. The van der Waals surface area contributed by atoms with Gasteiger partial charge in [-0.25, -0.2) is 0 Å². The van der Waals surface area contributed by atoms with E-state index in [1.165, 1.54) is 25.7 Å². The summed E-state index contributed by atoms with van der Waals surface area (Å²) < 4.78 is 15.6. The van der Waals surface area contributed by atoms with Crippen molar-refractivity contribution in [2.24, 2.45) is 5.92 Å². The number of hydrogen-bond acceptors (Lipinski definition) is 7. The number of aryl methyl sites for hydroxylation is 1. The Morgan fingerprint density at radius 3 is 2.51 bits per heavy atom. The summed E-state index contributed by atoms with van der Waals surface area (Å²) in [5.41, 5.74) is 5.03. The summed E-state index contributed by atoms with van der Waals surface area (Å²) in [6, 6.07) is 13.6. The van der Waals surface area contributed by atoms with Gasteiger partial charge in [0.2, 0.25) is 0 Å². The van der Waals surface area contributed by atoms with Gasteiger partial charge in [-0.15, -0.1) is 0 Å². The van der Waals surface area contributed by atoms with E-state index in [0.717, 1.165) is 47.8 Å². The number of piperidine rings is 1. The summed E-state index contributed by atoms with van der Waals surface area (Å²) in [5, 5.41) is 7.16. The van der Waals surface area contributed by atoms with Crippen molar-refractivity contribution in [1.82, 2.24) is 10.3 Å². The Morgan fingerprint density at radius 2 is 1.80 bits per heavy atom. The van der Waals surface area contributed by atoms with Crippen molar-refractivity contribution in [2.45, 2.75) is 70.5 Å². The predicted molar refractivity (Wildman–Crippen MR) is 169 cm³/mol. The molecule has 0 bridgehead atoms. The normalized spacial score (nSPS) is 15.8. The molecule has 1 aliphatic carbocycles. The van der Waals surface area contributed by atoms with Gasteiger partial charge < -0.3 is 24.8 Å². The monoisotopic (exact) mass is 574 g/mol. The molecule has 0 spiro atoms. The van der Waals surface area contributed by atoms with Crippen LogP contribution in [-0.4, -0.2) is 36.3 Å². The number of anilines is 2. The first kappa shape index (κ1) is 29.3. The van der Waals surface area contributed by atoms with E-state index in [9.17, 15) is 4.79 Å². The fourth-order valence-corrected chi connectivity index (χ4v) is 5.79. The highest BCUT2D eigenvalue weighted by atomic mass is 32.2. The van der Waals surface area contributed by atoms with E-state index in [-0.39, 0.29) is 11.3 Å². The number of methoxy groups -OCH3 is 1. The molecule has 2 aromatic carbocycles. The lowest BCUT2D eigenvalue weighted by Crippen LogP contribution is -2.28. The van der Waals surface area contributed by atoms with Crippen LogP contribution in [0.2, 0.25) is 0 Å². The fraction of sp³-hybridized carbons (Fsp3) is 0.455. The highest BCUT2D eigenvalue weighted by molar-refractivity contribution is 8.01. The van der Waals surface area contributed by atoms with Crippen LogP contribution >= 0.6 is 11.9 Å². The molecule has 2 heterocycles. The van der Waals surface area contributed by atoms with Gasteiger partial charge >= 0.3 is 0 Å². The molecule has 0 unspecified atom stereocenters. The van der Waals surface area contributed by atoms with E-state index in [2.05, 4.69) is 47.2 Å². The zero-order chi connectivity index (χ0) is 29.0. The quantitative estimate of drug-likeness (QED) is 0.216. The maximum Gasteiger partial charge on any atom is 0.255 e. The van der Waals surface area contributed by atoms with E-state index < -0.39 is 0 Å². The first-order chi connectivity index (χ1) is 19.7. The highest BCUT2D eigenvalue weighted by Crippen LogP contribution is 2.42. The molecule has 5 rings (SSSR count). The number of hydrogen-bond donors (Lipinski definition) is 3. The van der Waals surface area contributed by atoms with E-state index >= 15 is 0 Å². The molecule has 3 aromatic rings. The molecule has 1 saturated heterocycles. The number of carbonyl (C=O) groups is 1. The molecule has 2 fully saturated rings. The minimum atomic E-state index is -0.221. The summed E-state index contributed by atoms with van der Waals surface area (Å²) >= 11 is 1.72. The predicted octanol–water partition coefficient (Wildman–Crippen LogP) is 7.51. The zero-order valence-electron chi connectivity index (χ0n) is 24.8. The molecule has 0 atom stereocenters. The number of aromatic nitrogens is 1. The standard InChI is InChI=1S/C33H42N4O3S/c1-21-6-7-23(17-30(21)40-26-12-15-35-25(20-26)16-22-10-13-34-14-11-22)32(38)36-28-18-24(33(2,3)4)19-29(31(28)39-5)37-41-27-8-9-27/h6-7,12,15,17-20,22,27,34,37H,8-11,13-14,16H2,1-5H3,(H,36,38). The third-order valence-corrected chi connectivity index (χ3v) is 8.83. The summed E-state index contributed by atoms with van der Waals surface area (Å²) in [5.74, 6) is 2.43. The Labute approximate surface area is 248 Å². The lowest BCUT2D eigenvalue weighted by molar-refractivity contribution is 0.102. The molecule has 1 aliphatic heterocycles. The molecule has 7 nitrogen and oxygen atoms in total. The molecule has 1 saturated carbocycles. The molecule has 1 amide bonds. The van der Waals surface area contributed by atoms with E-state index in [4.69, 9.17) is 9.47 Å². The van der Waals surface area contributed by atoms with Crippen molar-refractivity contribution in [3.8, 4) is 17.2 Å². The van der Waals surface area contributed by atoms with Gasteiger partial charge in [0.05, 0.1) is 18.5 Å². The smallest absolute Gasteiger partial charge is 0.255 e. The number of rotatable bonds is 10. The van der Waals surface area contributed by atoms with E-state index in [0.29, 0.717) is 33.9 Å². The van der Waals surface area contributed by atoms with Crippen molar-refractivity contribution in [1.29, 1.82) is 0 Å². The number of nitrogens with one attached hydrogen (secondary N) is 3. The Kier molecular flexibility index (Phi) is 9.09. The van der Waals surface area contributed by atoms with Gasteiger partial charge in [-0.1, -0.05) is 26.8 Å². The molecule has 8 heteroatoms. The second-order valence-electron chi connectivity index (χ2n) is 12.2. The molecular formula is C33H42N4O3S. The molecule has 2 aliphatic rings. The average molecular weight is 575 g/mol. The van der Waals surface area contributed by atoms with Crippen LogP contribution in [0.25, 0.3) is 0 Å². The second-order valence-corrected chi connectivity index (χ2v) is 13.3. The van der Waals surface area contributed by atoms with Gasteiger partial charge in [-0.2, -0.15) is 0 Å². The fourth-order valence-electron chi connectivity index (χ4n) is 4.97. The van der Waals surface area contributed by atoms with Crippen molar-refractivity contribution in [3.05, 3.63) is 71.0 Å². The van der Waals surface area contributed by atoms with Crippen LogP contribution < -0.4 is 24.8 Å². The van der Waals surface area contributed by atoms with Gasteiger partial charge in [0.15, 0.2) is 5.75 Å². The number of nitrogens with zero attached hydrogens (tertiary/aromatic N) is 1. The zero-order valence-corrected chi connectivity index (χ0v) is 25.6. The molecule has 218 valence electrons. The summed E-state index contributed by atoms with van der Waals surface area (Å²) in [7, 11) is 1.64. The van der Waals surface area contributed by atoms with Crippen molar-refractivity contribution in [3.63, 3.8) is 0 Å². The number of carbonyl (C=O) groups excluding carboxylic acids is 1. The van der Waals surface area contributed by atoms with Crippen molar-refractivity contribution >= 4 is 29.2 Å². The topological polar surface area (TPSA) is 84.5 Å². The molecule has 1 aromatic heterocycles. The lowest BCUT2D eigenvalue weighted by Gasteiger charge is -2.24. The Balaban J connectivity index is 1.35. The second kappa shape index (κ2) is 12.7. The third kappa shape index (κ3) is 7.74. The maximum absolute atomic E-state index is 13.6.